The monoisotopic (exact) mass is 356 g/mol. The van der Waals surface area contributed by atoms with Crippen LogP contribution in [0.2, 0.25) is 0 Å². The predicted molar refractivity (Wildman–Crippen MR) is 110 cm³/mol. The minimum Gasteiger partial charge on any atom is -0.384 e. The quantitative estimate of drug-likeness (QED) is 0.752. The average Bonchev–Trinajstić information content (AvgIpc) is 3.10. The molecule has 4 nitrogen and oxygen atoms in total. The number of nitrogens with zero attached hydrogens (tertiary/aromatic N) is 2. The van der Waals surface area contributed by atoms with Gasteiger partial charge in [0.1, 0.15) is 5.82 Å². The molecule has 2 unspecified atom stereocenters. The van der Waals surface area contributed by atoms with Crippen molar-refractivity contribution in [3.05, 3.63) is 72.3 Å². The molecule has 2 atom stereocenters. The Hall–Kier alpha value is -2.69. The summed E-state index contributed by atoms with van der Waals surface area (Å²) in [5.41, 5.74) is 17.6. The molecule has 3 aromatic rings. The van der Waals surface area contributed by atoms with Crippen LogP contribution in [0.15, 0.2) is 66.7 Å². The zero-order valence-electron chi connectivity index (χ0n) is 15.3. The standard InChI is InChI=1S/C23H24N4/c24-22-3-1-2-21(26-22)18-10-8-17(9-11-18)16-6-4-15(5-7-16)12-27-13-19-20(14-27)23(19)25/h1-11,19-20,23H,12-14,25H2,(H2,24,26). The summed E-state index contributed by atoms with van der Waals surface area (Å²) in [5.74, 6) is 2.04. The molecule has 4 heteroatoms. The van der Waals surface area contributed by atoms with E-state index in [2.05, 4.69) is 58.4 Å². The third-order valence-electron chi connectivity index (χ3n) is 5.98. The van der Waals surface area contributed by atoms with Crippen LogP contribution < -0.4 is 11.5 Å². The lowest BCUT2D eigenvalue weighted by atomic mass is 10.0. The lowest BCUT2D eigenvalue weighted by Crippen LogP contribution is -2.27. The second-order valence-electron chi connectivity index (χ2n) is 7.82. The largest absolute Gasteiger partial charge is 0.384 e. The smallest absolute Gasteiger partial charge is 0.124 e. The first-order valence-electron chi connectivity index (χ1n) is 9.57. The number of hydrogen-bond acceptors (Lipinski definition) is 4. The Bertz CT molecular complexity index is 937. The van der Waals surface area contributed by atoms with Gasteiger partial charge in [0.15, 0.2) is 0 Å². The minimum absolute atomic E-state index is 0.467. The molecule has 0 bridgehead atoms. The van der Waals surface area contributed by atoms with Crippen LogP contribution in [0.25, 0.3) is 22.4 Å². The van der Waals surface area contributed by atoms with Crippen molar-refractivity contribution in [1.82, 2.24) is 9.88 Å². The molecule has 136 valence electrons. The van der Waals surface area contributed by atoms with Crippen molar-refractivity contribution in [3.63, 3.8) is 0 Å². The van der Waals surface area contributed by atoms with Gasteiger partial charge in [0, 0.05) is 31.2 Å². The Morgan fingerprint density at radius 2 is 1.41 bits per heavy atom. The molecule has 1 saturated carbocycles. The van der Waals surface area contributed by atoms with E-state index in [4.69, 9.17) is 11.5 Å². The number of anilines is 1. The molecule has 1 saturated heterocycles. The molecule has 1 aromatic heterocycles. The SMILES string of the molecule is Nc1cccc(-c2ccc(-c3ccc(CN4CC5C(N)C5C4)cc3)cc2)n1. The number of piperidine rings is 1. The molecule has 2 aliphatic rings. The van der Waals surface area contributed by atoms with Crippen molar-refractivity contribution < 1.29 is 0 Å². The van der Waals surface area contributed by atoms with Crippen LogP contribution in [-0.2, 0) is 6.54 Å². The summed E-state index contributed by atoms with van der Waals surface area (Å²) in [7, 11) is 0. The molecule has 0 amide bonds. The van der Waals surface area contributed by atoms with Crippen molar-refractivity contribution in [1.29, 1.82) is 0 Å². The van der Waals surface area contributed by atoms with E-state index in [9.17, 15) is 0 Å². The van der Waals surface area contributed by atoms with Crippen LogP contribution >= 0.6 is 0 Å². The molecule has 5 rings (SSSR count). The minimum atomic E-state index is 0.467. The molecule has 1 aliphatic carbocycles. The van der Waals surface area contributed by atoms with Crippen molar-refractivity contribution in [3.8, 4) is 22.4 Å². The van der Waals surface area contributed by atoms with Crippen LogP contribution in [-0.4, -0.2) is 29.0 Å². The molecule has 2 heterocycles. The van der Waals surface area contributed by atoms with E-state index in [-0.39, 0.29) is 0 Å². The van der Waals surface area contributed by atoms with Crippen LogP contribution in [0.4, 0.5) is 5.82 Å². The number of hydrogen-bond donors (Lipinski definition) is 2. The zero-order chi connectivity index (χ0) is 18.4. The van der Waals surface area contributed by atoms with E-state index in [1.807, 2.05) is 12.1 Å². The molecule has 1 aliphatic heterocycles. The maximum atomic E-state index is 6.03. The Labute approximate surface area is 159 Å². The summed E-state index contributed by atoms with van der Waals surface area (Å²) < 4.78 is 0. The number of nitrogen functional groups attached to an aromatic ring is 1. The van der Waals surface area contributed by atoms with Crippen LogP contribution in [0.5, 0.6) is 0 Å². The Balaban J connectivity index is 1.27. The van der Waals surface area contributed by atoms with Crippen LogP contribution in [0.3, 0.4) is 0 Å². The third-order valence-corrected chi connectivity index (χ3v) is 5.98. The molecular weight excluding hydrogens is 332 g/mol. The molecule has 27 heavy (non-hydrogen) atoms. The highest BCUT2D eigenvalue weighted by Crippen LogP contribution is 2.44. The summed E-state index contributed by atoms with van der Waals surface area (Å²) in [6.07, 6.45) is 0. The van der Waals surface area contributed by atoms with Gasteiger partial charge < -0.3 is 11.5 Å². The van der Waals surface area contributed by atoms with Gasteiger partial charge in [0.25, 0.3) is 0 Å². The van der Waals surface area contributed by atoms with Gasteiger partial charge in [-0.05, 0) is 40.7 Å². The van der Waals surface area contributed by atoms with E-state index in [1.165, 1.54) is 16.7 Å². The van der Waals surface area contributed by atoms with E-state index in [0.717, 1.165) is 42.7 Å². The maximum Gasteiger partial charge on any atom is 0.124 e. The highest BCUT2D eigenvalue weighted by atomic mass is 15.2. The first-order valence-corrected chi connectivity index (χ1v) is 9.57. The fraction of sp³-hybridized carbons (Fsp3) is 0.261. The maximum absolute atomic E-state index is 6.03. The summed E-state index contributed by atoms with van der Waals surface area (Å²) >= 11 is 0. The number of aromatic nitrogens is 1. The van der Waals surface area contributed by atoms with Gasteiger partial charge in [-0.3, -0.25) is 4.90 Å². The molecule has 0 radical (unpaired) electrons. The lowest BCUT2D eigenvalue weighted by Gasteiger charge is -2.18. The van der Waals surface area contributed by atoms with Crippen molar-refractivity contribution in [2.75, 3.05) is 18.8 Å². The van der Waals surface area contributed by atoms with Gasteiger partial charge in [0.05, 0.1) is 5.69 Å². The Morgan fingerprint density at radius 3 is 2.04 bits per heavy atom. The molecule has 0 spiro atoms. The number of nitrogens with two attached hydrogens (primary N) is 2. The summed E-state index contributed by atoms with van der Waals surface area (Å²) in [4.78, 5) is 6.91. The van der Waals surface area contributed by atoms with Gasteiger partial charge in [-0.25, -0.2) is 4.98 Å². The fourth-order valence-electron chi connectivity index (χ4n) is 4.30. The van der Waals surface area contributed by atoms with Gasteiger partial charge in [-0.1, -0.05) is 54.6 Å². The zero-order valence-corrected chi connectivity index (χ0v) is 15.3. The molecule has 2 fully saturated rings. The van der Waals surface area contributed by atoms with Crippen LogP contribution in [0, 0.1) is 11.8 Å². The Kier molecular flexibility index (Phi) is 3.96. The van der Waals surface area contributed by atoms with Crippen molar-refractivity contribution >= 4 is 5.82 Å². The number of rotatable bonds is 4. The number of likely N-dealkylation sites (tertiary alicyclic amines) is 1. The first-order chi connectivity index (χ1) is 13.2. The van der Waals surface area contributed by atoms with Crippen LogP contribution in [0.1, 0.15) is 5.56 Å². The number of benzene rings is 2. The second-order valence-corrected chi connectivity index (χ2v) is 7.82. The van der Waals surface area contributed by atoms with Crippen molar-refractivity contribution in [2.24, 2.45) is 17.6 Å². The van der Waals surface area contributed by atoms with E-state index in [0.29, 0.717) is 11.9 Å². The highest BCUT2D eigenvalue weighted by molar-refractivity contribution is 5.69. The fourth-order valence-corrected chi connectivity index (χ4v) is 4.30. The van der Waals surface area contributed by atoms with Gasteiger partial charge >= 0.3 is 0 Å². The van der Waals surface area contributed by atoms with Gasteiger partial charge in [0.2, 0.25) is 0 Å². The van der Waals surface area contributed by atoms with Gasteiger partial charge in [-0.2, -0.15) is 0 Å². The van der Waals surface area contributed by atoms with E-state index < -0.39 is 0 Å². The van der Waals surface area contributed by atoms with Gasteiger partial charge in [-0.15, -0.1) is 0 Å². The number of fused-ring (bicyclic) bond motifs is 1. The summed E-state index contributed by atoms with van der Waals surface area (Å²) in [6, 6.07) is 23.6. The van der Waals surface area contributed by atoms with E-state index in [1.54, 1.807) is 6.07 Å². The Morgan fingerprint density at radius 1 is 0.815 bits per heavy atom. The average molecular weight is 356 g/mol. The molecule has 2 aromatic carbocycles. The lowest BCUT2D eigenvalue weighted by molar-refractivity contribution is 0.290. The topological polar surface area (TPSA) is 68.2 Å². The molecule has 4 N–H and O–H groups in total. The van der Waals surface area contributed by atoms with E-state index >= 15 is 0 Å². The predicted octanol–water partition coefficient (Wildman–Crippen LogP) is 3.39. The first kappa shape index (κ1) is 16.5. The third kappa shape index (κ3) is 3.22. The highest BCUT2D eigenvalue weighted by Gasteiger charge is 2.53. The summed E-state index contributed by atoms with van der Waals surface area (Å²) in [6.45, 7) is 3.35. The van der Waals surface area contributed by atoms with Crippen molar-refractivity contribution in [2.45, 2.75) is 12.6 Å². The second kappa shape index (κ2) is 6.48. The summed E-state index contributed by atoms with van der Waals surface area (Å²) in [5, 5.41) is 0. The number of pyridine rings is 1. The normalized spacial score (nSPS) is 24.0. The molecular formula is C23H24N4.